The minimum Gasteiger partial charge on any atom is -0.478 e. The molecular weight excluding hydrogens is 240 g/mol. The lowest BCUT2D eigenvalue weighted by Gasteiger charge is -2.40. The van der Waals surface area contributed by atoms with E-state index in [1.807, 2.05) is 18.2 Å². The van der Waals surface area contributed by atoms with Gasteiger partial charge < -0.3 is 5.11 Å². The zero-order valence-electron chi connectivity index (χ0n) is 10.4. The second kappa shape index (κ2) is 4.46. The molecule has 0 spiro atoms. The fourth-order valence-electron chi connectivity index (χ4n) is 2.61. The quantitative estimate of drug-likeness (QED) is 0.914. The summed E-state index contributed by atoms with van der Waals surface area (Å²) in [5.74, 6) is -0.260. The Bertz CT molecular complexity index is 589. The predicted molar refractivity (Wildman–Crippen MR) is 70.1 cm³/mol. The summed E-state index contributed by atoms with van der Waals surface area (Å²) >= 11 is 0. The molecule has 4 heteroatoms. The lowest BCUT2D eigenvalue weighted by Crippen LogP contribution is -2.37. The summed E-state index contributed by atoms with van der Waals surface area (Å²) in [5.41, 5.74) is 1.22. The zero-order valence-corrected chi connectivity index (χ0v) is 10.4. The highest BCUT2D eigenvalue weighted by atomic mass is 16.4. The maximum Gasteiger partial charge on any atom is 0.338 e. The van der Waals surface area contributed by atoms with Crippen molar-refractivity contribution in [3.63, 3.8) is 0 Å². The van der Waals surface area contributed by atoms with Gasteiger partial charge in [-0.3, -0.25) is 0 Å². The van der Waals surface area contributed by atoms with Gasteiger partial charge in [0.05, 0.1) is 11.0 Å². The molecule has 0 aliphatic heterocycles. The van der Waals surface area contributed by atoms with Crippen molar-refractivity contribution in [1.29, 1.82) is 0 Å². The van der Waals surface area contributed by atoms with Crippen LogP contribution in [-0.4, -0.2) is 21.0 Å². The number of carboxylic acid groups (broad SMARTS) is 1. The number of aromatic nitrogens is 2. The van der Waals surface area contributed by atoms with Crippen LogP contribution in [0.2, 0.25) is 0 Å². The maximum atomic E-state index is 10.8. The van der Waals surface area contributed by atoms with E-state index in [1.165, 1.54) is 18.0 Å². The number of nitrogens with zero attached hydrogens (tertiary/aromatic N) is 2. The number of aromatic carboxylic acids is 1. The fraction of sp³-hybridized carbons (Fsp3) is 0.267. The third-order valence-corrected chi connectivity index (χ3v) is 3.86. The first-order chi connectivity index (χ1) is 9.22. The molecule has 0 amide bonds. The Morgan fingerprint density at radius 1 is 1.11 bits per heavy atom. The average molecular weight is 254 g/mol. The van der Waals surface area contributed by atoms with Crippen molar-refractivity contribution in [2.24, 2.45) is 0 Å². The Labute approximate surface area is 111 Å². The number of hydrogen-bond acceptors (Lipinski definition) is 3. The molecule has 0 atom stereocenters. The summed E-state index contributed by atoms with van der Waals surface area (Å²) in [6.07, 6.45) is 5.98. The van der Waals surface area contributed by atoms with Crippen molar-refractivity contribution in [3.8, 4) is 0 Å². The summed E-state index contributed by atoms with van der Waals surface area (Å²) in [4.78, 5) is 19.4. The van der Waals surface area contributed by atoms with Crippen LogP contribution in [0.25, 0.3) is 0 Å². The van der Waals surface area contributed by atoms with Crippen molar-refractivity contribution in [2.75, 3.05) is 0 Å². The van der Waals surface area contributed by atoms with Gasteiger partial charge in [0.2, 0.25) is 0 Å². The van der Waals surface area contributed by atoms with Gasteiger partial charge in [-0.2, -0.15) is 0 Å². The SMILES string of the molecule is O=C(O)c1cnc(C2(c3ccccc3)CCC2)nc1. The van der Waals surface area contributed by atoms with Gasteiger partial charge in [-0.05, 0) is 18.4 Å². The first kappa shape index (κ1) is 11.8. The molecule has 1 aromatic carbocycles. The van der Waals surface area contributed by atoms with Crippen LogP contribution < -0.4 is 0 Å². The molecule has 2 aromatic rings. The molecule has 0 bridgehead atoms. The number of carbonyl (C=O) groups is 1. The van der Waals surface area contributed by atoms with Crippen molar-refractivity contribution < 1.29 is 9.90 Å². The monoisotopic (exact) mass is 254 g/mol. The average Bonchev–Trinajstić information content (AvgIpc) is 2.39. The molecule has 1 heterocycles. The zero-order chi connectivity index (χ0) is 13.3. The highest BCUT2D eigenvalue weighted by molar-refractivity contribution is 5.86. The van der Waals surface area contributed by atoms with Crippen LogP contribution in [-0.2, 0) is 5.41 Å². The standard InChI is InChI=1S/C15H14N2O2/c18-13(19)11-9-16-14(17-10-11)15(7-4-8-15)12-5-2-1-3-6-12/h1-3,5-6,9-10H,4,7-8H2,(H,18,19). The van der Waals surface area contributed by atoms with E-state index in [4.69, 9.17) is 5.11 Å². The Morgan fingerprint density at radius 2 is 1.74 bits per heavy atom. The van der Waals surface area contributed by atoms with Gasteiger partial charge in [0, 0.05) is 12.4 Å². The molecule has 96 valence electrons. The molecular formula is C15H14N2O2. The van der Waals surface area contributed by atoms with Crippen LogP contribution in [0.4, 0.5) is 0 Å². The molecule has 4 nitrogen and oxygen atoms in total. The van der Waals surface area contributed by atoms with E-state index in [0.29, 0.717) is 0 Å². The molecule has 0 unspecified atom stereocenters. The van der Waals surface area contributed by atoms with E-state index < -0.39 is 5.97 Å². The van der Waals surface area contributed by atoms with Crippen molar-refractivity contribution in [3.05, 3.63) is 59.7 Å². The first-order valence-electron chi connectivity index (χ1n) is 6.34. The van der Waals surface area contributed by atoms with Crippen molar-refractivity contribution in [1.82, 2.24) is 9.97 Å². The van der Waals surface area contributed by atoms with Crippen LogP contribution in [0.5, 0.6) is 0 Å². The van der Waals surface area contributed by atoms with Gasteiger partial charge in [-0.15, -0.1) is 0 Å². The highest BCUT2D eigenvalue weighted by Gasteiger charge is 2.42. The Balaban J connectivity index is 2.01. The van der Waals surface area contributed by atoms with E-state index in [9.17, 15) is 4.79 Å². The van der Waals surface area contributed by atoms with E-state index in [1.54, 1.807) is 0 Å². The number of carboxylic acids is 1. The van der Waals surface area contributed by atoms with Gasteiger partial charge in [0.25, 0.3) is 0 Å². The highest BCUT2D eigenvalue weighted by Crippen LogP contribution is 2.47. The largest absolute Gasteiger partial charge is 0.478 e. The lowest BCUT2D eigenvalue weighted by atomic mass is 9.64. The molecule has 3 rings (SSSR count). The van der Waals surface area contributed by atoms with Crippen LogP contribution in [0, 0.1) is 0 Å². The topological polar surface area (TPSA) is 63.1 Å². The van der Waals surface area contributed by atoms with Gasteiger partial charge in [-0.25, -0.2) is 14.8 Å². The molecule has 0 saturated heterocycles. The molecule has 1 N–H and O–H groups in total. The van der Waals surface area contributed by atoms with Crippen LogP contribution in [0.15, 0.2) is 42.7 Å². The van der Waals surface area contributed by atoms with Crippen molar-refractivity contribution in [2.45, 2.75) is 24.7 Å². The predicted octanol–water partition coefficient (Wildman–Crippen LogP) is 2.64. The third kappa shape index (κ3) is 1.89. The normalized spacial score (nSPS) is 16.6. The number of hydrogen-bond donors (Lipinski definition) is 1. The third-order valence-electron chi connectivity index (χ3n) is 3.86. The Hall–Kier alpha value is -2.23. The van der Waals surface area contributed by atoms with Crippen LogP contribution in [0.3, 0.4) is 0 Å². The first-order valence-corrected chi connectivity index (χ1v) is 6.34. The minimum atomic E-state index is -0.992. The lowest BCUT2D eigenvalue weighted by molar-refractivity contribution is 0.0695. The molecule has 1 saturated carbocycles. The molecule has 1 aliphatic carbocycles. The second-order valence-electron chi connectivity index (χ2n) is 4.90. The maximum absolute atomic E-state index is 10.8. The molecule has 1 aromatic heterocycles. The van der Waals surface area contributed by atoms with E-state index >= 15 is 0 Å². The van der Waals surface area contributed by atoms with Gasteiger partial charge in [0.15, 0.2) is 0 Å². The van der Waals surface area contributed by atoms with E-state index in [0.717, 1.165) is 25.1 Å². The molecule has 1 fully saturated rings. The minimum absolute atomic E-state index is 0.127. The number of rotatable bonds is 3. The van der Waals surface area contributed by atoms with Crippen LogP contribution >= 0.6 is 0 Å². The summed E-state index contributed by atoms with van der Waals surface area (Å²) in [6.45, 7) is 0. The summed E-state index contributed by atoms with van der Waals surface area (Å²) in [6, 6.07) is 10.2. The Morgan fingerprint density at radius 3 is 2.21 bits per heavy atom. The summed E-state index contributed by atoms with van der Waals surface area (Å²) in [5, 5.41) is 8.89. The molecule has 0 radical (unpaired) electrons. The molecule has 19 heavy (non-hydrogen) atoms. The second-order valence-corrected chi connectivity index (χ2v) is 4.90. The van der Waals surface area contributed by atoms with Gasteiger partial charge in [-0.1, -0.05) is 36.8 Å². The Kier molecular flexibility index (Phi) is 2.78. The summed E-state index contributed by atoms with van der Waals surface area (Å²) < 4.78 is 0. The van der Waals surface area contributed by atoms with Gasteiger partial charge in [0.1, 0.15) is 5.82 Å². The fourth-order valence-corrected chi connectivity index (χ4v) is 2.61. The van der Waals surface area contributed by atoms with E-state index in [2.05, 4.69) is 22.1 Å². The van der Waals surface area contributed by atoms with E-state index in [-0.39, 0.29) is 11.0 Å². The smallest absolute Gasteiger partial charge is 0.338 e. The number of benzene rings is 1. The van der Waals surface area contributed by atoms with Gasteiger partial charge >= 0.3 is 5.97 Å². The molecule has 1 aliphatic rings. The summed E-state index contributed by atoms with van der Waals surface area (Å²) in [7, 11) is 0. The van der Waals surface area contributed by atoms with Crippen molar-refractivity contribution >= 4 is 5.97 Å². The van der Waals surface area contributed by atoms with Crippen LogP contribution in [0.1, 0.15) is 41.0 Å².